The van der Waals surface area contributed by atoms with Gasteiger partial charge >= 0.3 is 0 Å². The van der Waals surface area contributed by atoms with Crippen LogP contribution in [0.4, 0.5) is 4.39 Å². The number of aliphatic hydroxyl groups is 1. The lowest BCUT2D eigenvalue weighted by Gasteiger charge is -2.27. The molecular weight excluding hydrogens is 261 g/mol. The maximum Gasteiger partial charge on any atom is 0.134 e. The van der Waals surface area contributed by atoms with Gasteiger partial charge in [0, 0.05) is 12.8 Å². The highest BCUT2D eigenvalue weighted by Gasteiger charge is 2.38. The highest BCUT2D eigenvalue weighted by molar-refractivity contribution is 9.12. The number of aliphatic hydroxyl groups excluding tert-OH is 1. The molecule has 1 N–H and O–H groups in total. The predicted octanol–water partition coefficient (Wildman–Crippen LogP) is 2.86. The molecule has 0 radical (unpaired) electrons. The molecule has 0 spiro atoms. The van der Waals surface area contributed by atoms with Gasteiger partial charge in [-0.15, -0.1) is 0 Å². The summed E-state index contributed by atoms with van der Waals surface area (Å²) in [7, 11) is 0. The van der Waals surface area contributed by atoms with Gasteiger partial charge < -0.3 is 5.11 Å². The second-order valence-electron chi connectivity index (χ2n) is 3.83. The summed E-state index contributed by atoms with van der Waals surface area (Å²) in [4.78, 5) is 4.24. The molecule has 0 aromatic heterocycles. The van der Waals surface area contributed by atoms with Crippen molar-refractivity contribution in [1.29, 1.82) is 0 Å². The molecule has 2 rings (SSSR count). The molecule has 0 bridgehead atoms. The predicted molar refractivity (Wildman–Crippen MR) is 61.5 cm³/mol. The van der Waals surface area contributed by atoms with E-state index in [1.54, 1.807) is 18.4 Å². The molecule has 0 aromatic carbocycles. The van der Waals surface area contributed by atoms with Crippen molar-refractivity contribution in [3.63, 3.8) is 0 Å². The fourth-order valence-electron chi connectivity index (χ4n) is 1.89. The number of hydrogen-bond acceptors (Lipinski definition) is 2. The zero-order chi connectivity index (χ0) is 11.1. The number of nitrogens with zero attached hydrogens (tertiary/aromatic N) is 1. The number of hydrogen-bond donors (Lipinski definition) is 1. The van der Waals surface area contributed by atoms with Crippen LogP contribution in [0, 0.1) is 5.41 Å². The van der Waals surface area contributed by atoms with E-state index >= 15 is 0 Å². The molecule has 0 aromatic rings. The van der Waals surface area contributed by atoms with Crippen LogP contribution in [0.5, 0.6) is 0 Å². The topological polar surface area (TPSA) is 32.6 Å². The summed E-state index contributed by atoms with van der Waals surface area (Å²) in [6.07, 6.45) is 5.48. The average molecular weight is 272 g/mol. The third-order valence-corrected chi connectivity index (χ3v) is 3.45. The summed E-state index contributed by atoms with van der Waals surface area (Å²) in [5.41, 5.74) is 1.29. The monoisotopic (exact) mass is 271 g/mol. The Morgan fingerprint density at radius 1 is 1.60 bits per heavy atom. The summed E-state index contributed by atoms with van der Waals surface area (Å²) < 4.78 is 13.9. The molecule has 1 unspecified atom stereocenters. The van der Waals surface area contributed by atoms with Gasteiger partial charge in [0.05, 0.1) is 15.6 Å². The summed E-state index contributed by atoms with van der Waals surface area (Å²) in [6, 6.07) is 0. The van der Waals surface area contributed by atoms with Crippen molar-refractivity contribution >= 4 is 21.6 Å². The molecule has 0 saturated carbocycles. The first-order chi connectivity index (χ1) is 7.08. The summed E-state index contributed by atoms with van der Waals surface area (Å²) in [5.74, 6) is -0.276. The van der Waals surface area contributed by atoms with Crippen LogP contribution in [0.25, 0.3) is 0 Å². The van der Waals surface area contributed by atoms with Gasteiger partial charge in [-0.25, -0.2) is 4.39 Å². The molecule has 1 aliphatic carbocycles. The second kappa shape index (κ2) is 3.68. The van der Waals surface area contributed by atoms with E-state index < -0.39 is 5.41 Å². The van der Waals surface area contributed by atoms with Gasteiger partial charge in [0.1, 0.15) is 5.83 Å². The summed E-state index contributed by atoms with van der Waals surface area (Å²) in [5, 5.41) is 8.92. The van der Waals surface area contributed by atoms with E-state index in [1.807, 2.05) is 6.92 Å². The lowest BCUT2D eigenvalue weighted by atomic mass is 9.76. The van der Waals surface area contributed by atoms with Crippen molar-refractivity contribution in [2.75, 3.05) is 6.61 Å². The first-order valence-corrected chi connectivity index (χ1v) is 5.52. The van der Waals surface area contributed by atoms with Gasteiger partial charge in [-0.05, 0) is 47.0 Å². The van der Waals surface area contributed by atoms with E-state index in [2.05, 4.69) is 20.9 Å². The molecule has 2 aliphatic rings. The average Bonchev–Trinajstić information content (AvgIpc) is 2.46. The Morgan fingerprint density at radius 3 is 3.00 bits per heavy atom. The first-order valence-electron chi connectivity index (χ1n) is 4.72. The van der Waals surface area contributed by atoms with E-state index in [0.29, 0.717) is 10.9 Å². The van der Waals surface area contributed by atoms with Crippen LogP contribution in [0.1, 0.15) is 13.3 Å². The Hall–Kier alpha value is -0.740. The molecular formula is C11H11BrFNO. The lowest BCUT2D eigenvalue weighted by Crippen LogP contribution is -2.26. The summed E-state index contributed by atoms with van der Waals surface area (Å²) in [6.45, 7) is 1.97. The molecule has 1 aliphatic heterocycles. The maximum absolute atomic E-state index is 13.5. The number of fused-ring (bicyclic) bond motifs is 1. The Kier molecular flexibility index (Phi) is 2.64. The van der Waals surface area contributed by atoms with Crippen LogP contribution in [-0.4, -0.2) is 17.4 Å². The first kappa shape index (κ1) is 10.8. The zero-order valence-corrected chi connectivity index (χ0v) is 9.88. The fourth-order valence-corrected chi connectivity index (χ4v) is 2.22. The van der Waals surface area contributed by atoms with Crippen molar-refractivity contribution in [1.82, 2.24) is 0 Å². The molecule has 0 amide bonds. The van der Waals surface area contributed by atoms with E-state index in [1.165, 1.54) is 0 Å². The number of allylic oxidation sites excluding steroid dienone is 4. The second-order valence-corrected chi connectivity index (χ2v) is 4.68. The highest BCUT2D eigenvalue weighted by atomic mass is 79.9. The smallest absolute Gasteiger partial charge is 0.134 e. The van der Waals surface area contributed by atoms with Crippen LogP contribution in [0.2, 0.25) is 0 Å². The lowest BCUT2D eigenvalue weighted by molar-refractivity contribution is 0.294. The molecule has 0 fully saturated rings. The van der Waals surface area contributed by atoms with Crippen molar-refractivity contribution in [3.8, 4) is 0 Å². The minimum atomic E-state index is -0.482. The fraction of sp³-hybridized carbons (Fsp3) is 0.364. The van der Waals surface area contributed by atoms with E-state index in [-0.39, 0.29) is 12.4 Å². The molecule has 80 valence electrons. The molecule has 15 heavy (non-hydrogen) atoms. The highest BCUT2D eigenvalue weighted by Crippen LogP contribution is 2.43. The zero-order valence-electron chi connectivity index (χ0n) is 8.30. The van der Waals surface area contributed by atoms with Gasteiger partial charge in [-0.3, -0.25) is 4.99 Å². The molecule has 4 heteroatoms. The van der Waals surface area contributed by atoms with Crippen LogP contribution in [0.15, 0.2) is 39.2 Å². The molecule has 1 heterocycles. The van der Waals surface area contributed by atoms with Crippen molar-refractivity contribution in [3.05, 3.63) is 34.2 Å². The van der Waals surface area contributed by atoms with Gasteiger partial charge in [-0.1, -0.05) is 0 Å². The minimum absolute atomic E-state index is 0.0601. The normalized spacial score (nSPS) is 29.1. The Bertz CT molecular complexity index is 422. The number of halogens is 2. The van der Waals surface area contributed by atoms with Crippen LogP contribution < -0.4 is 0 Å². The third kappa shape index (κ3) is 1.62. The largest absolute Gasteiger partial charge is 0.396 e. The van der Waals surface area contributed by atoms with Gasteiger partial charge in [0.25, 0.3) is 0 Å². The number of rotatable bonds is 2. The Balaban J connectivity index is 2.39. The van der Waals surface area contributed by atoms with E-state index in [4.69, 9.17) is 5.11 Å². The van der Waals surface area contributed by atoms with Gasteiger partial charge in [0.2, 0.25) is 0 Å². The Morgan fingerprint density at radius 2 is 2.33 bits per heavy atom. The van der Waals surface area contributed by atoms with E-state index in [9.17, 15) is 4.39 Å². The van der Waals surface area contributed by atoms with Crippen molar-refractivity contribution < 1.29 is 9.50 Å². The minimum Gasteiger partial charge on any atom is -0.396 e. The van der Waals surface area contributed by atoms with Crippen LogP contribution in [0.3, 0.4) is 0 Å². The van der Waals surface area contributed by atoms with Crippen molar-refractivity contribution in [2.24, 2.45) is 10.4 Å². The molecule has 2 nitrogen and oxygen atoms in total. The van der Waals surface area contributed by atoms with Gasteiger partial charge in [0.15, 0.2) is 0 Å². The standard InChI is InChI=1S/C11H11BrFNO/c1-11-5-9(13)8(12)4-10(11)14-6-7(11)2-3-15/h4-6,15H,2-3H2,1H3. The van der Waals surface area contributed by atoms with E-state index in [0.717, 1.165) is 11.3 Å². The maximum atomic E-state index is 13.5. The van der Waals surface area contributed by atoms with Gasteiger partial charge in [-0.2, -0.15) is 0 Å². The summed E-state index contributed by atoms with van der Waals surface area (Å²) >= 11 is 3.14. The third-order valence-electron chi connectivity index (χ3n) is 2.85. The quantitative estimate of drug-likeness (QED) is 0.823. The van der Waals surface area contributed by atoms with Crippen LogP contribution in [-0.2, 0) is 0 Å². The number of aliphatic imine (C=N–C) groups is 1. The molecule has 0 saturated heterocycles. The molecule has 1 atom stereocenters. The van der Waals surface area contributed by atoms with Crippen molar-refractivity contribution in [2.45, 2.75) is 13.3 Å². The van der Waals surface area contributed by atoms with Crippen LogP contribution >= 0.6 is 15.9 Å². The Labute approximate surface area is 96.0 Å². The SMILES string of the molecule is CC12C=C(F)C(Br)=CC1=NC=C2CCO.